The second kappa shape index (κ2) is 8.96. The van der Waals surface area contributed by atoms with Crippen LogP contribution in [0.2, 0.25) is 0 Å². The highest BCUT2D eigenvalue weighted by Gasteiger charge is 2.30. The van der Waals surface area contributed by atoms with Crippen molar-refractivity contribution in [1.29, 1.82) is 0 Å². The van der Waals surface area contributed by atoms with Crippen molar-refractivity contribution >= 4 is 11.4 Å². The highest BCUT2D eigenvalue weighted by atomic mass is 15.2. The monoisotopic (exact) mass is 342 g/mol. The molecule has 2 saturated carbocycles. The number of anilines is 2. The molecule has 0 bridgehead atoms. The molecule has 2 heteroatoms. The number of unbranched alkanes of at least 4 members (excludes halogenated alkanes) is 1. The standard InChI is InChI=1S/C23H38N2/c1-3-4-11-19-16-18(2)22(24)17-23(19)25(20-12-7-5-8-13-20)21-14-9-6-10-15-21/h16-17,20-21H,3-15,24H2,1-2H3. The SMILES string of the molecule is CCCCc1cc(C)c(N)cc1N(C1CCCCC1)C1CCCCC1. The summed E-state index contributed by atoms with van der Waals surface area (Å²) in [6, 6.07) is 6.18. The third-order valence-electron chi connectivity index (χ3n) is 6.48. The van der Waals surface area contributed by atoms with E-state index in [9.17, 15) is 0 Å². The zero-order valence-electron chi connectivity index (χ0n) is 16.5. The lowest BCUT2D eigenvalue weighted by Gasteiger charge is -2.44. The topological polar surface area (TPSA) is 29.3 Å². The van der Waals surface area contributed by atoms with Crippen LogP contribution < -0.4 is 10.6 Å². The van der Waals surface area contributed by atoms with E-state index in [0.717, 1.165) is 17.8 Å². The molecule has 0 aliphatic heterocycles. The number of benzene rings is 1. The van der Waals surface area contributed by atoms with Crippen molar-refractivity contribution in [3.8, 4) is 0 Å². The number of rotatable bonds is 6. The Morgan fingerprint density at radius 1 is 0.920 bits per heavy atom. The Balaban J connectivity index is 1.96. The highest BCUT2D eigenvalue weighted by Crippen LogP contribution is 2.38. The van der Waals surface area contributed by atoms with E-state index in [1.165, 1.54) is 94.7 Å². The second-order valence-corrected chi connectivity index (χ2v) is 8.43. The van der Waals surface area contributed by atoms with E-state index < -0.39 is 0 Å². The van der Waals surface area contributed by atoms with Gasteiger partial charge < -0.3 is 10.6 Å². The molecule has 1 aromatic carbocycles. The third-order valence-corrected chi connectivity index (χ3v) is 6.48. The lowest BCUT2D eigenvalue weighted by molar-refractivity contribution is 0.339. The molecule has 1 aromatic rings. The average Bonchev–Trinajstić information content (AvgIpc) is 2.65. The Labute approximate surface area is 155 Å². The lowest BCUT2D eigenvalue weighted by atomic mass is 9.87. The number of hydrogen-bond acceptors (Lipinski definition) is 2. The predicted octanol–water partition coefficient (Wildman–Crippen LogP) is 6.39. The van der Waals surface area contributed by atoms with Crippen LogP contribution in [0.1, 0.15) is 95.1 Å². The molecule has 0 spiro atoms. The number of nitrogens with two attached hydrogens (primary N) is 1. The van der Waals surface area contributed by atoms with Crippen LogP contribution >= 0.6 is 0 Å². The van der Waals surface area contributed by atoms with Gasteiger partial charge in [-0.3, -0.25) is 0 Å². The van der Waals surface area contributed by atoms with Crippen LogP contribution in [-0.2, 0) is 6.42 Å². The molecule has 0 unspecified atom stereocenters. The number of hydrogen-bond donors (Lipinski definition) is 1. The van der Waals surface area contributed by atoms with Crippen molar-refractivity contribution in [3.05, 3.63) is 23.3 Å². The molecule has 0 saturated heterocycles. The van der Waals surface area contributed by atoms with Gasteiger partial charge in [0.05, 0.1) is 0 Å². The summed E-state index contributed by atoms with van der Waals surface area (Å²) >= 11 is 0. The van der Waals surface area contributed by atoms with Crippen molar-refractivity contribution in [2.24, 2.45) is 0 Å². The van der Waals surface area contributed by atoms with Gasteiger partial charge in [0, 0.05) is 23.5 Å². The van der Waals surface area contributed by atoms with E-state index in [-0.39, 0.29) is 0 Å². The smallest absolute Gasteiger partial charge is 0.0424 e. The van der Waals surface area contributed by atoms with E-state index in [0.29, 0.717) is 0 Å². The molecule has 2 aliphatic carbocycles. The van der Waals surface area contributed by atoms with E-state index in [1.54, 1.807) is 5.56 Å². The summed E-state index contributed by atoms with van der Waals surface area (Å²) in [6.07, 6.45) is 17.7. The molecule has 0 radical (unpaired) electrons. The first kappa shape index (κ1) is 18.6. The molecular weight excluding hydrogens is 304 g/mol. The molecule has 2 aliphatic rings. The maximum Gasteiger partial charge on any atom is 0.0424 e. The fraction of sp³-hybridized carbons (Fsp3) is 0.739. The van der Waals surface area contributed by atoms with Gasteiger partial charge in [0.1, 0.15) is 0 Å². The minimum absolute atomic E-state index is 0.735. The fourth-order valence-electron chi connectivity index (χ4n) is 4.99. The highest BCUT2D eigenvalue weighted by molar-refractivity contribution is 5.65. The van der Waals surface area contributed by atoms with Crippen molar-refractivity contribution in [2.45, 2.75) is 109 Å². The van der Waals surface area contributed by atoms with Gasteiger partial charge in [0.15, 0.2) is 0 Å². The summed E-state index contributed by atoms with van der Waals surface area (Å²) in [5.74, 6) is 0. The Kier molecular flexibility index (Phi) is 6.67. The van der Waals surface area contributed by atoms with Gasteiger partial charge in [-0.1, -0.05) is 57.9 Å². The average molecular weight is 343 g/mol. The molecule has 0 amide bonds. The van der Waals surface area contributed by atoms with Crippen LogP contribution in [0.25, 0.3) is 0 Å². The largest absolute Gasteiger partial charge is 0.398 e. The number of nitrogen functional groups attached to an aromatic ring is 1. The summed E-state index contributed by atoms with van der Waals surface area (Å²) < 4.78 is 0. The Morgan fingerprint density at radius 3 is 2.00 bits per heavy atom. The van der Waals surface area contributed by atoms with Crippen molar-refractivity contribution in [3.63, 3.8) is 0 Å². The molecule has 0 atom stereocenters. The molecular formula is C23H38N2. The maximum atomic E-state index is 6.39. The van der Waals surface area contributed by atoms with Crippen LogP contribution in [0, 0.1) is 6.92 Å². The van der Waals surface area contributed by atoms with Gasteiger partial charge in [0.2, 0.25) is 0 Å². The van der Waals surface area contributed by atoms with Gasteiger partial charge in [-0.15, -0.1) is 0 Å². The van der Waals surface area contributed by atoms with Crippen molar-refractivity contribution in [2.75, 3.05) is 10.6 Å². The summed E-state index contributed by atoms with van der Waals surface area (Å²) in [7, 11) is 0. The quantitative estimate of drug-likeness (QED) is 0.607. The van der Waals surface area contributed by atoms with Gasteiger partial charge in [0.25, 0.3) is 0 Å². The molecule has 2 fully saturated rings. The Bertz CT molecular complexity index is 521. The molecule has 0 aromatic heterocycles. The zero-order chi connectivity index (χ0) is 17.6. The summed E-state index contributed by atoms with van der Waals surface area (Å²) in [5.41, 5.74) is 11.6. The molecule has 140 valence electrons. The third kappa shape index (κ3) is 4.51. The molecule has 25 heavy (non-hydrogen) atoms. The number of nitrogens with zero attached hydrogens (tertiary/aromatic N) is 1. The molecule has 0 heterocycles. The van der Waals surface area contributed by atoms with Gasteiger partial charge >= 0.3 is 0 Å². The van der Waals surface area contributed by atoms with E-state index >= 15 is 0 Å². The van der Waals surface area contributed by atoms with Crippen molar-refractivity contribution < 1.29 is 0 Å². The maximum absolute atomic E-state index is 6.39. The Morgan fingerprint density at radius 2 is 1.48 bits per heavy atom. The first-order valence-corrected chi connectivity index (χ1v) is 10.9. The summed E-state index contributed by atoms with van der Waals surface area (Å²) in [5, 5.41) is 0. The summed E-state index contributed by atoms with van der Waals surface area (Å²) in [4.78, 5) is 2.86. The molecule has 2 nitrogen and oxygen atoms in total. The fourth-order valence-corrected chi connectivity index (χ4v) is 4.99. The molecule has 2 N–H and O–H groups in total. The van der Waals surface area contributed by atoms with Gasteiger partial charge in [-0.25, -0.2) is 0 Å². The van der Waals surface area contributed by atoms with E-state index in [1.807, 2.05) is 0 Å². The van der Waals surface area contributed by atoms with Crippen molar-refractivity contribution in [1.82, 2.24) is 0 Å². The minimum atomic E-state index is 0.735. The predicted molar refractivity (Wildman–Crippen MR) is 110 cm³/mol. The Hall–Kier alpha value is -1.18. The first-order chi connectivity index (χ1) is 12.2. The van der Waals surface area contributed by atoms with Crippen LogP contribution in [-0.4, -0.2) is 12.1 Å². The van der Waals surface area contributed by atoms with Crippen LogP contribution in [0.5, 0.6) is 0 Å². The normalized spacial score (nSPS) is 19.9. The lowest BCUT2D eigenvalue weighted by Crippen LogP contribution is -2.46. The van der Waals surface area contributed by atoms with Crippen LogP contribution in [0.15, 0.2) is 12.1 Å². The minimum Gasteiger partial charge on any atom is -0.398 e. The second-order valence-electron chi connectivity index (χ2n) is 8.43. The first-order valence-electron chi connectivity index (χ1n) is 10.9. The number of aryl methyl sites for hydroxylation is 2. The van der Waals surface area contributed by atoms with Crippen LogP contribution in [0.4, 0.5) is 11.4 Å². The van der Waals surface area contributed by atoms with Gasteiger partial charge in [-0.05, 0) is 62.6 Å². The van der Waals surface area contributed by atoms with Gasteiger partial charge in [-0.2, -0.15) is 0 Å². The van der Waals surface area contributed by atoms with Crippen LogP contribution in [0.3, 0.4) is 0 Å². The van der Waals surface area contributed by atoms with E-state index in [4.69, 9.17) is 5.73 Å². The van der Waals surface area contributed by atoms with E-state index in [2.05, 4.69) is 30.9 Å². The molecule has 3 rings (SSSR count). The zero-order valence-corrected chi connectivity index (χ0v) is 16.5. The summed E-state index contributed by atoms with van der Waals surface area (Å²) in [6.45, 7) is 4.46.